The monoisotopic (exact) mass is 452 g/mol. The van der Waals surface area contributed by atoms with E-state index in [1.54, 1.807) is 18.5 Å². The molecule has 3 rings (SSSR count). The molecule has 138 valence electrons. The van der Waals surface area contributed by atoms with Crippen LogP contribution in [0.15, 0.2) is 67.0 Å². The van der Waals surface area contributed by atoms with Crippen LogP contribution in [-0.4, -0.2) is 9.30 Å². The maximum absolute atomic E-state index is 6.55. The lowest BCUT2D eigenvalue weighted by Gasteiger charge is -2.32. The van der Waals surface area contributed by atoms with Gasteiger partial charge in [0.25, 0.3) is 0 Å². The highest BCUT2D eigenvalue weighted by molar-refractivity contribution is 8.24. The molecule has 0 aliphatic carbocycles. The Bertz CT molecular complexity index is 966. The van der Waals surface area contributed by atoms with Crippen LogP contribution in [-0.2, 0) is 4.75 Å². The molecule has 0 aliphatic heterocycles. The lowest BCUT2D eigenvalue weighted by atomic mass is 9.92. The van der Waals surface area contributed by atoms with E-state index in [4.69, 9.17) is 47.0 Å². The van der Waals surface area contributed by atoms with Gasteiger partial charge in [-0.25, -0.2) is 0 Å². The molecule has 27 heavy (non-hydrogen) atoms. The average molecular weight is 454 g/mol. The van der Waals surface area contributed by atoms with Gasteiger partial charge in [-0.1, -0.05) is 83.0 Å². The molecule has 3 aromatic rings. The molecule has 1 heterocycles. The van der Waals surface area contributed by atoms with Crippen LogP contribution in [0.2, 0.25) is 15.1 Å². The van der Waals surface area contributed by atoms with E-state index in [0.29, 0.717) is 19.4 Å². The molecule has 1 aromatic heterocycles. The second-order valence-corrected chi connectivity index (χ2v) is 9.24. The third-order valence-electron chi connectivity index (χ3n) is 4.04. The van der Waals surface area contributed by atoms with Crippen LogP contribution in [0.25, 0.3) is 0 Å². The first-order valence-electron chi connectivity index (χ1n) is 8.01. The van der Waals surface area contributed by atoms with Crippen molar-refractivity contribution in [2.75, 3.05) is 5.32 Å². The molecule has 0 fully saturated rings. The van der Waals surface area contributed by atoms with Gasteiger partial charge in [-0.3, -0.25) is 4.98 Å². The molecule has 0 saturated heterocycles. The number of benzene rings is 2. The van der Waals surface area contributed by atoms with E-state index in [2.05, 4.69) is 10.3 Å². The Balaban J connectivity index is 2.02. The minimum Gasteiger partial charge on any atom is -0.340 e. The second kappa shape index (κ2) is 8.80. The Morgan fingerprint density at radius 1 is 1.00 bits per heavy atom. The number of pyridine rings is 1. The predicted molar refractivity (Wildman–Crippen MR) is 122 cm³/mol. The first-order chi connectivity index (χ1) is 12.9. The van der Waals surface area contributed by atoms with Gasteiger partial charge in [-0.05, 0) is 48.4 Å². The van der Waals surface area contributed by atoms with Crippen LogP contribution < -0.4 is 5.32 Å². The van der Waals surface area contributed by atoms with Gasteiger partial charge in [0.2, 0.25) is 0 Å². The molecule has 1 N–H and O–H groups in total. The average Bonchev–Trinajstić information content (AvgIpc) is 2.62. The summed E-state index contributed by atoms with van der Waals surface area (Å²) in [6, 6.07) is 16.9. The Labute approximate surface area is 183 Å². The van der Waals surface area contributed by atoms with Crippen molar-refractivity contribution in [3.8, 4) is 0 Å². The zero-order valence-electron chi connectivity index (χ0n) is 14.2. The molecule has 0 amide bonds. The number of nitrogens with zero attached hydrogens (tertiary/aromatic N) is 1. The largest absolute Gasteiger partial charge is 0.340 e. The summed E-state index contributed by atoms with van der Waals surface area (Å²) in [5.74, 6) is 0. The summed E-state index contributed by atoms with van der Waals surface area (Å²) in [5, 5.41) is 4.98. The third kappa shape index (κ3) is 4.76. The Kier molecular flexibility index (Phi) is 6.66. The van der Waals surface area contributed by atoms with Crippen molar-refractivity contribution in [2.24, 2.45) is 0 Å². The molecule has 1 atom stereocenters. The van der Waals surface area contributed by atoms with Gasteiger partial charge in [0.15, 0.2) is 0 Å². The fraction of sp³-hybridized carbons (Fsp3) is 0.100. The maximum Gasteiger partial charge on any atom is 0.139 e. The summed E-state index contributed by atoms with van der Waals surface area (Å²) in [5.41, 5.74) is 2.61. The molecule has 2 nitrogen and oxygen atoms in total. The topological polar surface area (TPSA) is 24.9 Å². The van der Waals surface area contributed by atoms with Crippen molar-refractivity contribution in [2.45, 2.75) is 11.7 Å². The SMILES string of the molecule is CC(SC(=S)Nc1cccnc1)(c1ccccc1Cl)c1ccc(Cl)cc1Cl. The van der Waals surface area contributed by atoms with Gasteiger partial charge < -0.3 is 5.32 Å². The highest BCUT2D eigenvalue weighted by Gasteiger charge is 2.35. The summed E-state index contributed by atoms with van der Waals surface area (Å²) in [6.07, 6.45) is 3.43. The molecule has 0 aliphatic rings. The first-order valence-corrected chi connectivity index (χ1v) is 10.4. The summed E-state index contributed by atoms with van der Waals surface area (Å²) in [7, 11) is 0. The van der Waals surface area contributed by atoms with E-state index in [1.807, 2.05) is 55.5 Å². The molecule has 0 saturated carbocycles. The summed E-state index contributed by atoms with van der Waals surface area (Å²) in [6.45, 7) is 2.05. The number of thioether (sulfide) groups is 1. The van der Waals surface area contributed by atoms with Gasteiger partial charge in [0.05, 0.1) is 16.6 Å². The zero-order valence-corrected chi connectivity index (χ0v) is 18.1. The van der Waals surface area contributed by atoms with Gasteiger partial charge in [0, 0.05) is 21.3 Å². The number of nitrogens with one attached hydrogen (secondary N) is 1. The van der Waals surface area contributed by atoms with E-state index in [0.717, 1.165) is 16.8 Å². The van der Waals surface area contributed by atoms with Crippen molar-refractivity contribution in [3.05, 3.63) is 93.2 Å². The fourth-order valence-corrected chi connectivity index (χ4v) is 5.51. The number of hydrogen-bond donors (Lipinski definition) is 1. The number of halogens is 3. The molecule has 7 heteroatoms. The lowest BCUT2D eigenvalue weighted by Crippen LogP contribution is -2.24. The van der Waals surface area contributed by atoms with Crippen molar-refractivity contribution in [1.29, 1.82) is 0 Å². The number of aromatic nitrogens is 1. The molecular weight excluding hydrogens is 439 g/mol. The number of rotatable bonds is 4. The summed E-state index contributed by atoms with van der Waals surface area (Å²) >= 11 is 26.2. The molecule has 0 spiro atoms. The number of hydrogen-bond acceptors (Lipinski definition) is 3. The lowest BCUT2D eigenvalue weighted by molar-refractivity contribution is 0.845. The molecule has 0 bridgehead atoms. The zero-order chi connectivity index (χ0) is 19.4. The van der Waals surface area contributed by atoms with E-state index >= 15 is 0 Å². The summed E-state index contributed by atoms with van der Waals surface area (Å²) in [4.78, 5) is 4.10. The van der Waals surface area contributed by atoms with Crippen LogP contribution in [0.5, 0.6) is 0 Å². The standard InChI is InChI=1S/C20H15Cl3N2S2/c1-20(15-6-2-3-7-17(15)22,16-9-8-13(21)11-18(16)23)27-19(26)25-14-5-4-10-24-12-14/h2-12H,1H3,(H,25,26). The van der Waals surface area contributed by atoms with E-state index < -0.39 is 4.75 Å². The van der Waals surface area contributed by atoms with Crippen molar-refractivity contribution < 1.29 is 0 Å². The van der Waals surface area contributed by atoms with Gasteiger partial charge in [-0.2, -0.15) is 0 Å². The Morgan fingerprint density at radius 2 is 1.74 bits per heavy atom. The van der Waals surface area contributed by atoms with E-state index in [9.17, 15) is 0 Å². The summed E-state index contributed by atoms with van der Waals surface area (Å²) < 4.78 is -0.0387. The highest BCUT2D eigenvalue weighted by Crippen LogP contribution is 2.48. The number of thiocarbonyl (C=S) groups is 1. The van der Waals surface area contributed by atoms with Crippen LogP contribution in [0.1, 0.15) is 18.1 Å². The molecule has 2 aromatic carbocycles. The Morgan fingerprint density at radius 3 is 2.41 bits per heavy atom. The fourth-order valence-electron chi connectivity index (χ4n) is 2.74. The molecule has 1 unspecified atom stereocenters. The molecular formula is C20H15Cl3N2S2. The van der Waals surface area contributed by atoms with Gasteiger partial charge in [0.1, 0.15) is 4.32 Å². The normalized spacial score (nSPS) is 13.0. The third-order valence-corrected chi connectivity index (χ3v) is 6.40. The highest BCUT2D eigenvalue weighted by atomic mass is 35.5. The quantitative estimate of drug-likeness (QED) is 0.415. The van der Waals surface area contributed by atoms with Gasteiger partial charge in [-0.15, -0.1) is 0 Å². The molecule has 0 radical (unpaired) electrons. The van der Waals surface area contributed by atoms with Crippen LogP contribution in [0.4, 0.5) is 5.69 Å². The van der Waals surface area contributed by atoms with Gasteiger partial charge >= 0.3 is 0 Å². The van der Waals surface area contributed by atoms with Crippen molar-refractivity contribution >= 4 is 68.8 Å². The van der Waals surface area contributed by atoms with Crippen LogP contribution >= 0.6 is 58.8 Å². The smallest absolute Gasteiger partial charge is 0.139 e. The van der Waals surface area contributed by atoms with Crippen molar-refractivity contribution in [3.63, 3.8) is 0 Å². The Hall–Kier alpha value is -1.30. The van der Waals surface area contributed by atoms with E-state index in [-0.39, 0.29) is 0 Å². The maximum atomic E-state index is 6.55. The van der Waals surface area contributed by atoms with E-state index in [1.165, 1.54) is 11.8 Å². The minimum absolute atomic E-state index is 0.557. The van der Waals surface area contributed by atoms with Crippen LogP contribution in [0, 0.1) is 0 Å². The predicted octanol–water partition coefficient (Wildman–Crippen LogP) is 7.44. The first kappa shape index (κ1) is 20.4. The number of anilines is 1. The minimum atomic E-state index is -0.619. The van der Waals surface area contributed by atoms with Crippen molar-refractivity contribution in [1.82, 2.24) is 4.98 Å². The second-order valence-electron chi connectivity index (χ2n) is 5.89. The van der Waals surface area contributed by atoms with Crippen LogP contribution in [0.3, 0.4) is 0 Å².